The number of anilines is 1. The van der Waals surface area contributed by atoms with Gasteiger partial charge in [0, 0.05) is 30.9 Å². The minimum absolute atomic E-state index is 0.0931. The molecule has 0 radical (unpaired) electrons. The molecular formula is C18H25N3O2S. The minimum Gasteiger partial charge on any atom is -0.340 e. The van der Waals surface area contributed by atoms with Gasteiger partial charge in [-0.05, 0) is 37.8 Å². The maximum atomic E-state index is 12.8. The van der Waals surface area contributed by atoms with Crippen molar-refractivity contribution in [3.8, 4) is 0 Å². The van der Waals surface area contributed by atoms with Crippen LogP contribution in [-0.4, -0.2) is 60.4 Å². The van der Waals surface area contributed by atoms with Crippen LogP contribution in [0.25, 0.3) is 0 Å². The van der Waals surface area contributed by atoms with E-state index in [0.717, 1.165) is 38.0 Å². The van der Waals surface area contributed by atoms with E-state index in [0.29, 0.717) is 19.0 Å². The van der Waals surface area contributed by atoms with Crippen molar-refractivity contribution in [2.24, 2.45) is 5.92 Å². The zero-order chi connectivity index (χ0) is 16.7. The van der Waals surface area contributed by atoms with E-state index in [4.69, 9.17) is 0 Å². The van der Waals surface area contributed by atoms with Gasteiger partial charge in [-0.25, -0.2) is 0 Å². The number of hydrogen-bond acceptors (Lipinski definition) is 4. The number of thiophene rings is 1. The third-order valence-corrected chi connectivity index (χ3v) is 6.77. The molecule has 1 saturated carbocycles. The Morgan fingerprint density at radius 2 is 2.08 bits per heavy atom. The largest absolute Gasteiger partial charge is 0.340 e. The lowest BCUT2D eigenvalue weighted by molar-refractivity contribution is -0.134. The Morgan fingerprint density at radius 1 is 1.29 bits per heavy atom. The number of likely N-dealkylation sites (tertiary alicyclic amines) is 1. The molecule has 0 aromatic carbocycles. The molecule has 1 aliphatic carbocycles. The van der Waals surface area contributed by atoms with E-state index in [1.807, 2.05) is 28.8 Å². The Labute approximate surface area is 147 Å². The molecule has 1 unspecified atom stereocenters. The van der Waals surface area contributed by atoms with Crippen LogP contribution in [-0.2, 0) is 9.59 Å². The van der Waals surface area contributed by atoms with Gasteiger partial charge in [0.1, 0.15) is 0 Å². The van der Waals surface area contributed by atoms with Gasteiger partial charge in [0.05, 0.1) is 17.8 Å². The molecule has 1 spiro atoms. The van der Waals surface area contributed by atoms with Gasteiger partial charge in [0.15, 0.2) is 0 Å². The Morgan fingerprint density at radius 3 is 2.79 bits per heavy atom. The normalized spacial score (nSPS) is 29.1. The van der Waals surface area contributed by atoms with E-state index >= 15 is 0 Å². The number of rotatable bonds is 2. The maximum Gasteiger partial charge on any atom is 0.241 e. The number of carbonyl (C=O) groups excluding carboxylic acids is 2. The molecule has 24 heavy (non-hydrogen) atoms. The molecule has 1 aromatic rings. The average molecular weight is 347 g/mol. The summed E-state index contributed by atoms with van der Waals surface area (Å²) in [6.45, 7) is 2.70. The maximum absolute atomic E-state index is 12.8. The van der Waals surface area contributed by atoms with Crippen LogP contribution in [0.5, 0.6) is 0 Å². The fraction of sp³-hybridized carbons (Fsp3) is 0.667. The standard InChI is InChI=1S/C18H25N3O2S/c1-19-10-16(22)21(15-6-9-24-11-15)13-18(19)7-8-20(12-18)17(23)14-4-2-3-5-14/h6,9,11,14H,2-5,7-8,10,12-13H2,1H3. The SMILES string of the molecule is CN1CC(=O)N(c2ccsc2)CC12CCN(C(=O)C1CCCC1)C2. The molecule has 0 N–H and O–H groups in total. The summed E-state index contributed by atoms with van der Waals surface area (Å²) in [6.07, 6.45) is 5.44. The predicted octanol–water partition coefficient (Wildman–Crippen LogP) is 2.19. The summed E-state index contributed by atoms with van der Waals surface area (Å²) in [5, 5.41) is 4.05. The third kappa shape index (κ3) is 2.65. The van der Waals surface area contributed by atoms with E-state index in [2.05, 4.69) is 9.80 Å². The van der Waals surface area contributed by atoms with Crippen molar-refractivity contribution in [2.75, 3.05) is 38.1 Å². The zero-order valence-corrected chi connectivity index (χ0v) is 15.1. The molecule has 2 saturated heterocycles. The van der Waals surface area contributed by atoms with Crippen LogP contribution >= 0.6 is 11.3 Å². The van der Waals surface area contributed by atoms with Crippen molar-refractivity contribution in [3.63, 3.8) is 0 Å². The first-order valence-electron chi connectivity index (χ1n) is 8.92. The van der Waals surface area contributed by atoms with Crippen molar-refractivity contribution >= 4 is 28.8 Å². The van der Waals surface area contributed by atoms with E-state index in [1.165, 1.54) is 12.8 Å². The Hall–Kier alpha value is -1.40. The van der Waals surface area contributed by atoms with E-state index < -0.39 is 0 Å². The molecule has 0 bridgehead atoms. The van der Waals surface area contributed by atoms with E-state index in [-0.39, 0.29) is 17.4 Å². The molecule has 2 aliphatic heterocycles. The van der Waals surface area contributed by atoms with E-state index in [1.54, 1.807) is 11.3 Å². The highest BCUT2D eigenvalue weighted by Gasteiger charge is 2.49. The van der Waals surface area contributed by atoms with Crippen LogP contribution in [0.3, 0.4) is 0 Å². The predicted molar refractivity (Wildman–Crippen MR) is 95.2 cm³/mol. The molecule has 3 aliphatic rings. The molecule has 2 amide bonds. The zero-order valence-electron chi connectivity index (χ0n) is 14.2. The molecule has 3 heterocycles. The van der Waals surface area contributed by atoms with Gasteiger partial charge in [-0.3, -0.25) is 14.5 Å². The first-order valence-corrected chi connectivity index (χ1v) is 9.86. The number of piperazine rings is 1. The number of hydrogen-bond donors (Lipinski definition) is 0. The average Bonchev–Trinajstić information content (AvgIpc) is 3.32. The molecule has 1 atom stereocenters. The topological polar surface area (TPSA) is 43.9 Å². The second-order valence-electron chi connectivity index (χ2n) is 7.53. The van der Waals surface area contributed by atoms with Crippen molar-refractivity contribution in [1.82, 2.24) is 9.80 Å². The van der Waals surface area contributed by atoms with Crippen molar-refractivity contribution < 1.29 is 9.59 Å². The van der Waals surface area contributed by atoms with Crippen molar-refractivity contribution in [3.05, 3.63) is 16.8 Å². The van der Waals surface area contributed by atoms with Gasteiger partial charge in [-0.2, -0.15) is 11.3 Å². The number of carbonyl (C=O) groups is 2. The summed E-state index contributed by atoms with van der Waals surface area (Å²) in [5.41, 5.74) is 0.905. The summed E-state index contributed by atoms with van der Waals surface area (Å²) in [7, 11) is 2.03. The van der Waals surface area contributed by atoms with Crippen LogP contribution in [0.1, 0.15) is 32.1 Å². The molecule has 1 aromatic heterocycles. The highest BCUT2D eigenvalue weighted by molar-refractivity contribution is 7.08. The highest BCUT2D eigenvalue weighted by Crippen LogP contribution is 2.36. The number of nitrogens with zero attached hydrogens (tertiary/aromatic N) is 3. The second kappa shape index (κ2) is 6.15. The number of amides is 2. The minimum atomic E-state index is -0.0931. The summed E-state index contributed by atoms with van der Waals surface area (Å²) in [6, 6.07) is 2.01. The fourth-order valence-electron chi connectivity index (χ4n) is 4.52. The first-order chi connectivity index (χ1) is 11.6. The monoisotopic (exact) mass is 347 g/mol. The van der Waals surface area contributed by atoms with Crippen LogP contribution in [0.2, 0.25) is 0 Å². The van der Waals surface area contributed by atoms with Gasteiger partial charge in [0.2, 0.25) is 11.8 Å². The lowest BCUT2D eigenvalue weighted by atomic mass is 9.92. The molecule has 3 fully saturated rings. The molecule has 5 nitrogen and oxygen atoms in total. The number of likely N-dealkylation sites (N-methyl/N-ethyl adjacent to an activating group) is 1. The summed E-state index contributed by atoms with van der Waals surface area (Å²) < 4.78 is 0. The Bertz CT molecular complexity index is 626. The van der Waals surface area contributed by atoms with E-state index in [9.17, 15) is 9.59 Å². The van der Waals surface area contributed by atoms with Crippen LogP contribution in [0.15, 0.2) is 16.8 Å². The van der Waals surface area contributed by atoms with Gasteiger partial charge in [-0.15, -0.1) is 0 Å². The second-order valence-corrected chi connectivity index (χ2v) is 8.31. The van der Waals surface area contributed by atoms with Crippen LogP contribution in [0.4, 0.5) is 5.69 Å². The third-order valence-electron chi connectivity index (χ3n) is 6.10. The molecule has 6 heteroatoms. The molecule has 4 rings (SSSR count). The van der Waals surface area contributed by atoms with Gasteiger partial charge in [-0.1, -0.05) is 12.8 Å². The first kappa shape index (κ1) is 16.1. The van der Waals surface area contributed by atoms with Crippen molar-refractivity contribution in [2.45, 2.75) is 37.6 Å². The van der Waals surface area contributed by atoms with Gasteiger partial charge < -0.3 is 9.80 Å². The molecule has 130 valence electrons. The summed E-state index contributed by atoms with van der Waals surface area (Å²) in [4.78, 5) is 31.4. The molecular weight excluding hydrogens is 322 g/mol. The van der Waals surface area contributed by atoms with Crippen molar-refractivity contribution in [1.29, 1.82) is 0 Å². The van der Waals surface area contributed by atoms with Gasteiger partial charge >= 0.3 is 0 Å². The summed E-state index contributed by atoms with van der Waals surface area (Å²) >= 11 is 1.62. The fourth-order valence-corrected chi connectivity index (χ4v) is 5.16. The Balaban J connectivity index is 1.51. The van der Waals surface area contributed by atoms with Crippen LogP contribution < -0.4 is 4.90 Å². The highest BCUT2D eigenvalue weighted by atomic mass is 32.1. The smallest absolute Gasteiger partial charge is 0.241 e. The van der Waals surface area contributed by atoms with Crippen LogP contribution in [0, 0.1) is 5.92 Å². The quantitative estimate of drug-likeness (QED) is 0.824. The lowest BCUT2D eigenvalue weighted by Crippen LogP contribution is -2.64. The summed E-state index contributed by atoms with van der Waals surface area (Å²) in [5.74, 6) is 0.738. The van der Waals surface area contributed by atoms with Gasteiger partial charge in [0.25, 0.3) is 0 Å². The Kier molecular flexibility index (Phi) is 4.12. The lowest BCUT2D eigenvalue weighted by Gasteiger charge is -2.46.